The number of para-hydroxylation sites is 1. The number of carbonyl (C=O) groups is 1. The highest BCUT2D eigenvalue weighted by molar-refractivity contribution is 5.88. The fourth-order valence-corrected chi connectivity index (χ4v) is 2.95. The second kappa shape index (κ2) is 7.73. The van der Waals surface area contributed by atoms with Crippen molar-refractivity contribution in [2.75, 3.05) is 13.7 Å². The topological polar surface area (TPSA) is 45.3 Å². The number of hydrogen-bond acceptors (Lipinski definition) is 2. The van der Waals surface area contributed by atoms with E-state index in [9.17, 15) is 18.0 Å². The van der Waals surface area contributed by atoms with Gasteiger partial charge in [0.25, 0.3) is 0 Å². The predicted molar refractivity (Wildman–Crippen MR) is 96.5 cm³/mol. The van der Waals surface area contributed by atoms with E-state index in [0.717, 1.165) is 15.8 Å². The van der Waals surface area contributed by atoms with Crippen LogP contribution in [0.5, 0.6) is 5.75 Å². The fraction of sp³-hybridized carbons (Fsp3) is 0.250. The summed E-state index contributed by atoms with van der Waals surface area (Å²) in [6, 6.07) is 14.0. The highest BCUT2D eigenvalue weighted by Crippen LogP contribution is 2.22. The number of H-pyrrole nitrogens is 1. The Labute approximate surface area is 154 Å². The molecule has 0 saturated heterocycles. The van der Waals surface area contributed by atoms with Crippen molar-refractivity contribution in [1.29, 1.82) is 0 Å². The lowest BCUT2D eigenvalue weighted by Crippen LogP contribution is -2.39. The zero-order chi connectivity index (χ0) is 19.4. The summed E-state index contributed by atoms with van der Waals surface area (Å²) in [5.74, 6) is 0.0270. The summed E-state index contributed by atoms with van der Waals surface area (Å²) in [5.41, 5.74) is 2.13. The molecule has 0 fully saturated rings. The number of aromatic nitrogens is 1. The number of methoxy groups -OCH3 is 1. The first kappa shape index (κ1) is 18.8. The zero-order valence-electron chi connectivity index (χ0n) is 14.7. The number of alkyl halides is 3. The predicted octanol–water partition coefficient (Wildman–Crippen LogP) is 4.31. The highest BCUT2D eigenvalue weighted by atomic mass is 19.4. The SMILES string of the molecule is COc1ccc(CN(CC(F)(F)F)C(=O)Cc2c[nH]c3ccccc23)cc1. The number of nitrogens with one attached hydrogen (secondary N) is 1. The van der Waals surface area contributed by atoms with Crippen molar-refractivity contribution in [1.82, 2.24) is 9.88 Å². The van der Waals surface area contributed by atoms with Crippen LogP contribution in [0.25, 0.3) is 10.9 Å². The molecule has 0 aliphatic heterocycles. The van der Waals surface area contributed by atoms with Gasteiger partial charge >= 0.3 is 6.18 Å². The van der Waals surface area contributed by atoms with Crippen LogP contribution >= 0.6 is 0 Å². The van der Waals surface area contributed by atoms with Gasteiger partial charge in [0.15, 0.2) is 0 Å². The van der Waals surface area contributed by atoms with Gasteiger partial charge in [0, 0.05) is 23.6 Å². The van der Waals surface area contributed by atoms with Gasteiger partial charge in [-0.25, -0.2) is 0 Å². The third-order valence-electron chi connectivity index (χ3n) is 4.27. The normalized spacial score (nSPS) is 11.6. The molecule has 0 radical (unpaired) electrons. The average Bonchev–Trinajstić information content (AvgIpc) is 3.04. The fourth-order valence-electron chi connectivity index (χ4n) is 2.95. The van der Waals surface area contributed by atoms with E-state index >= 15 is 0 Å². The van der Waals surface area contributed by atoms with Gasteiger partial charge in [-0.15, -0.1) is 0 Å². The number of carbonyl (C=O) groups excluding carboxylic acids is 1. The van der Waals surface area contributed by atoms with Crippen LogP contribution in [-0.2, 0) is 17.8 Å². The summed E-state index contributed by atoms with van der Waals surface area (Å²) in [6.45, 7) is -1.41. The van der Waals surface area contributed by atoms with Gasteiger partial charge in [-0.05, 0) is 29.3 Å². The van der Waals surface area contributed by atoms with E-state index in [0.29, 0.717) is 16.9 Å². The van der Waals surface area contributed by atoms with Gasteiger partial charge in [-0.3, -0.25) is 4.79 Å². The van der Waals surface area contributed by atoms with E-state index < -0.39 is 18.6 Å². The van der Waals surface area contributed by atoms with Gasteiger partial charge in [0.1, 0.15) is 12.3 Å². The van der Waals surface area contributed by atoms with E-state index in [1.165, 1.54) is 7.11 Å². The van der Waals surface area contributed by atoms with Gasteiger partial charge in [0.2, 0.25) is 5.91 Å². The van der Waals surface area contributed by atoms with Crippen molar-refractivity contribution < 1.29 is 22.7 Å². The second-order valence-electron chi connectivity index (χ2n) is 6.25. The van der Waals surface area contributed by atoms with Crippen LogP contribution in [0, 0.1) is 0 Å². The molecule has 0 aliphatic carbocycles. The lowest BCUT2D eigenvalue weighted by Gasteiger charge is -2.24. The number of benzene rings is 2. The van der Waals surface area contributed by atoms with Crippen LogP contribution in [0.3, 0.4) is 0 Å². The van der Waals surface area contributed by atoms with Crippen molar-refractivity contribution in [2.45, 2.75) is 19.1 Å². The number of ether oxygens (including phenoxy) is 1. The number of aromatic amines is 1. The third-order valence-corrected chi connectivity index (χ3v) is 4.27. The Balaban J connectivity index is 1.79. The van der Waals surface area contributed by atoms with Crippen LogP contribution in [-0.4, -0.2) is 35.6 Å². The molecule has 4 nitrogen and oxygen atoms in total. The summed E-state index contributed by atoms with van der Waals surface area (Å²) in [7, 11) is 1.51. The molecular weight excluding hydrogens is 357 g/mol. The standard InChI is InChI=1S/C20H19F3N2O2/c1-27-16-8-6-14(7-9-16)12-25(13-20(21,22)23)19(26)10-15-11-24-18-5-3-2-4-17(15)18/h2-9,11,24H,10,12-13H2,1H3. The molecule has 2 aromatic carbocycles. The minimum Gasteiger partial charge on any atom is -0.497 e. The van der Waals surface area contributed by atoms with Crippen molar-refractivity contribution in [3.63, 3.8) is 0 Å². The summed E-state index contributed by atoms with van der Waals surface area (Å²) in [4.78, 5) is 16.5. The Morgan fingerprint density at radius 1 is 1.11 bits per heavy atom. The molecule has 1 N–H and O–H groups in total. The average molecular weight is 376 g/mol. The number of nitrogens with zero attached hydrogens (tertiary/aromatic N) is 1. The molecule has 0 bridgehead atoms. The molecule has 1 amide bonds. The molecule has 3 rings (SSSR count). The molecule has 0 atom stereocenters. The smallest absolute Gasteiger partial charge is 0.406 e. The highest BCUT2D eigenvalue weighted by Gasteiger charge is 2.33. The van der Waals surface area contributed by atoms with Crippen LogP contribution in [0.15, 0.2) is 54.7 Å². The lowest BCUT2D eigenvalue weighted by atomic mass is 10.1. The first-order valence-corrected chi connectivity index (χ1v) is 8.38. The molecule has 0 spiro atoms. The summed E-state index contributed by atoms with van der Waals surface area (Å²) in [6.07, 6.45) is -2.90. The van der Waals surface area contributed by atoms with E-state index in [2.05, 4.69) is 4.98 Å². The minimum absolute atomic E-state index is 0.101. The monoisotopic (exact) mass is 376 g/mol. The molecule has 1 aromatic heterocycles. The van der Waals surface area contributed by atoms with Crippen molar-refractivity contribution >= 4 is 16.8 Å². The second-order valence-corrected chi connectivity index (χ2v) is 6.25. The molecule has 0 unspecified atom stereocenters. The van der Waals surface area contributed by atoms with Gasteiger partial charge < -0.3 is 14.6 Å². The van der Waals surface area contributed by atoms with Crippen LogP contribution in [0.1, 0.15) is 11.1 Å². The Morgan fingerprint density at radius 3 is 2.48 bits per heavy atom. The molecule has 142 valence electrons. The molecule has 3 aromatic rings. The van der Waals surface area contributed by atoms with Gasteiger partial charge in [0.05, 0.1) is 13.5 Å². The quantitative estimate of drug-likeness (QED) is 0.697. The van der Waals surface area contributed by atoms with E-state index in [1.54, 1.807) is 30.5 Å². The molecular formula is C20H19F3N2O2. The van der Waals surface area contributed by atoms with E-state index in [4.69, 9.17) is 4.74 Å². The van der Waals surface area contributed by atoms with Gasteiger partial charge in [-0.2, -0.15) is 13.2 Å². The summed E-state index contributed by atoms with van der Waals surface area (Å²) < 4.78 is 44.0. The number of halogens is 3. The number of fused-ring (bicyclic) bond motifs is 1. The van der Waals surface area contributed by atoms with Crippen molar-refractivity contribution in [3.05, 3.63) is 65.9 Å². The zero-order valence-corrected chi connectivity index (χ0v) is 14.7. The first-order chi connectivity index (χ1) is 12.9. The van der Waals surface area contributed by atoms with Crippen molar-refractivity contribution in [2.24, 2.45) is 0 Å². The maximum atomic E-state index is 13.0. The minimum atomic E-state index is -4.47. The molecule has 0 saturated carbocycles. The van der Waals surface area contributed by atoms with E-state index in [-0.39, 0.29) is 13.0 Å². The lowest BCUT2D eigenvalue weighted by molar-refractivity contribution is -0.162. The number of hydrogen-bond donors (Lipinski definition) is 1. The summed E-state index contributed by atoms with van der Waals surface area (Å²) in [5, 5.41) is 0.835. The Hall–Kier alpha value is -2.96. The maximum absolute atomic E-state index is 13.0. The van der Waals surface area contributed by atoms with Crippen LogP contribution in [0.2, 0.25) is 0 Å². The van der Waals surface area contributed by atoms with E-state index in [1.807, 2.05) is 24.3 Å². The number of amides is 1. The largest absolute Gasteiger partial charge is 0.497 e. The van der Waals surface area contributed by atoms with Crippen LogP contribution in [0.4, 0.5) is 13.2 Å². The van der Waals surface area contributed by atoms with Gasteiger partial charge in [-0.1, -0.05) is 30.3 Å². The summed E-state index contributed by atoms with van der Waals surface area (Å²) >= 11 is 0. The maximum Gasteiger partial charge on any atom is 0.406 e. The first-order valence-electron chi connectivity index (χ1n) is 8.38. The Morgan fingerprint density at radius 2 is 1.81 bits per heavy atom. The van der Waals surface area contributed by atoms with Crippen molar-refractivity contribution in [3.8, 4) is 5.75 Å². The third kappa shape index (κ3) is 4.81. The van der Waals surface area contributed by atoms with Crippen LogP contribution < -0.4 is 4.74 Å². The molecule has 27 heavy (non-hydrogen) atoms. The Bertz CT molecular complexity index is 917. The molecule has 7 heteroatoms. The Kier molecular flexibility index (Phi) is 5.39. The molecule has 1 heterocycles. The number of rotatable bonds is 6. The molecule has 0 aliphatic rings.